The van der Waals surface area contributed by atoms with Crippen molar-refractivity contribution in [1.82, 2.24) is 19.9 Å². The molecule has 0 saturated carbocycles. The van der Waals surface area contributed by atoms with Gasteiger partial charge in [0.05, 0.1) is 18.3 Å². The molecule has 4 heterocycles. The molecule has 1 unspecified atom stereocenters. The second-order valence-electron chi connectivity index (χ2n) is 12.4. The van der Waals surface area contributed by atoms with E-state index in [2.05, 4.69) is 45.9 Å². The second kappa shape index (κ2) is 17.4. The number of aromatic nitrogens is 4. The molecule has 1 aliphatic heterocycles. The Labute approximate surface area is 280 Å². The quantitative estimate of drug-likeness (QED) is 0.187. The van der Waals surface area contributed by atoms with E-state index in [4.69, 9.17) is 19.2 Å². The number of aryl methyl sites for hydroxylation is 2. The first-order chi connectivity index (χ1) is 22.5. The fourth-order valence-corrected chi connectivity index (χ4v) is 4.89. The molecule has 1 atom stereocenters. The molecule has 254 valence electrons. The number of carbonyl (C=O) groups is 1. The van der Waals surface area contributed by atoms with Crippen LogP contribution in [0.4, 0.5) is 17.3 Å². The second-order valence-corrected chi connectivity index (χ2v) is 12.4. The van der Waals surface area contributed by atoms with E-state index in [-0.39, 0.29) is 11.6 Å². The molecule has 0 radical (unpaired) electrons. The average Bonchev–Trinajstić information content (AvgIpc) is 3.18. The first-order valence-corrected chi connectivity index (χ1v) is 16.7. The number of unbranched alkanes of at least 4 members (excludes halogenated alkanes) is 1. The molecule has 1 N–H and O–H groups in total. The number of pyridine rings is 2. The predicted molar refractivity (Wildman–Crippen MR) is 190 cm³/mol. The lowest BCUT2D eigenvalue weighted by atomic mass is 10.2. The smallest absolute Gasteiger partial charge is 0.303 e. The zero-order chi connectivity index (χ0) is 34.6. The Balaban J connectivity index is 0.000000527. The summed E-state index contributed by atoms with van der Waals surface area (Å²) >= 11 is 0. The third-order valence-corrected chi connectivity index (χ3v) is 6.97. The summed E-state index contributed by atoms with van der Waals surface area (Å²) in [5, 5.41) is 3.44. The van der Waals surface area contributed by atoms with Crippen molar-refractivity contribution in [1.29, 1.82) is 0 Å². The number of nitrogens with zero attached hydrogens (tertiary/aromatic N) is 5. The van der Waals surface area contributed by atoms with Gasteiger partial charge in [-0.25, -0.2) is 15.0 Å². The van der Waals surface area contributed by atoms with Crippen LogP contribution in [0.1, 0.15) is 86.4 Å². The summed E-state index contributed by atoms with van der Waals surface area (Å²) in [5.74, 6) is 4.01. The van der Waals surface area contributed by atoms with Crippen molar-refractivity contribution in [2.45, 2.75) is 94.1 Å². The first kappa shape index (κ1) is 37.0. The maximum Gasteiger partial charge on any atom is 0.303 e. The maximum absolute atomic E-state index is 10.2. The summed E-state index contributed by atoms with van der Waals surface area (Å²) in [7, 11) is 0. The summed E-state index contributed by atoms with van der Waals surface area (Å²) in [4.78, 5) is 31.0. The number of rotatable bonds is 8. The van der Waals surface area contributed by atoms with Crippen LogP contribution in [0.15, 0.2) is 48.9 Å². The van der Waals surface area contributed by atoms with E-state index in [1.165, 1.54) is 6.92 Å². The summed E-state index contributed by atoms with van der Waals surface area (Å²) in [6, 6.07) is 11.9. The van der Waals surface area contributed by atoms with E-state index in [1.54, 1.807) is 12.5 Å². The molecule has 47 heavy (non-hydrogen) atoms. The van der Waals surface area contributed by atoms with Gasteiger partial charge in [-0.15, -0.1) is 0 Å². The highest BCUT2D eigenvalue weighted by molar-refractivity contribution is 5.90. The highest BCUT2D eigenvalue weighted by Crippen LogP contribution is 2.35. The Hall–Kier alpha value is -4.47. The third kappa shape index (κ3) is 11.1. The molecular weight excluding hydrogens is 592 g/mol. The topological polar surface area (TPSA) is 112 Å². The van der Waals surface area contributed by atoms with Gasteiger partial charge >= 0.3 is 5.97 Å². The van der Waals surface area contributed by atoms with Crippen LogP contribution >= 0.6 is 0 Å². The van der Waals surface area contributed by atoms with Gasteiger partial charge in [-0.1, -0.05) is 41.0 Å². The lowest BCUT2D eigenvalue weighted by Gasteiger charge is -2.24. The molecular formula is C37H52N6O4. The summed E-state index contributed by atoms with van der Waals surface area (Å²) in [6.07, 6.45) is 6.46. The van der Waals surface area contributed by atoms with Crippen molar-refractivity contribution in [3.63, 3.8) is 0 Å². The molecule has 5 rings (SSSR count). The minimum atomic E-state index is -0.328. The molecule has 3 aromatic heterocycles. The number of ether oxygens (including phenoxy) is 3. The van der Waals surface area contributed by atoms with Gasteiger partial charge in [-0.05, 0) is 76.4 Å². The molecule has 0 saturated heterocycles. The molecule has 1 aromatic carbocycles. The minimum absolute atomic E-state index is 0.225. The van der Waals surface area contributed by atoms with Crippen LogP contribution in [0.5, 0.6) is 17.2 Å². The molecule has 4 aromatic rings. The third-order valence-electron chi connectivity index (χ3n) is 6.97. The van der Waals surface area contributed by atoms with E-state index < -0.39 is 0 Å². The van der Waals surface area contributed by atoms with Crippen LogP contribution in [0.25, 0.3) is 11.0 Å². The fourth-order valence-electron chi connectivity index (χ4n) is 4.89. The number of esters is 1. The zero-order valence-corrected chi connectivity index (χ0v) is 29.8. The number of anilines is 3. The van der Waals surface area contributed by atoms with Gasteiger partial charge in [0.1, 0.15) is 28.9 Å². The Morgan fingerprint density at radius 3 is 2.45 bits per heavy atom. The van der Waals surface area contributed by atoms with Crippen LogP contribution in [-0.2, 0) is 16.0 Å². The van der Waals surface area contributed by atoms with Gasteiger partial charge in [-0.3, -0.25) is 9.78 Å². The van der Waals surface area contributed by atoms with Crippen LogP contribution in [0, 0.1) is 12.8 Å². The van der Waals surface area contributed by atoms with Crippen molar-refractivity contribution in [3.8, 4) is 17.2 Å². The lowest BCUT2D eigenvalue weighted by molar-refractivity contribution is -0.151. The summed E-state index contributed by atoms with van der Waals surface area (Å²) in [6.45, 7) is 22.0. The average molecular weight is 645 g/mol. The van der Waals surface area contributed by atoms with Crippen molar-refractivity contribution in [3.05, 3.63) is 60.2 Å². The molecule has 10 nitrogen and oxygen atoms in total. The highest BCUT2D eigenvalue weighted by atomic mass is 16.6. The summed E-state index contributed by atoms with van der Waals surface area (Å²) in [5.41, 5.74) is 4.08. The van der Waals surface area contributed by atoms with Gasteiger partial charge in [0.15, 0.2) is 17.4 Å². The normalized spacial score (nSPS) is 13.9. The van der Waals surface area contributed by atoms with Gasteiger partial charge in [0.2, 0.25) is 0 Å². The van der Waals surface area contributed by atoms with Crippen LogP contribution in [0.3, 0.4) is 0 Å². The number of fused-ring (bicyclic) bond motifs is 2. The monoisotopic (exact) mass is 644 g/mol. The first-order valence-electron chi connectivity index (χ1n) is 16.7. The fraction of sp³-hybridized carbons (Fsp3) is 0.486. The molecule has 0 amide bonds. The molecule has 0 aliphatic carbocycles. The van der Waals surface area contributed by atoms with Gasteiger partial charge < -0.3 is 24.4 Å². The number of hydrogen-bond donors (Lipinski definition) is 1. The van der Waals surface area contributed by atoms with Crippen LogP contribution in [-0.4, -0.2) is 51.2 Å². The standard InChI is InChI=1S/C29H34N6O2.C6H12O2.C2H6/c1-5-7-12-35-16-19(3)17-36-26-14-24-27(34-29(26)35)28(32-18-31-24)33-22-9-11-25(20(4)13-22)37-23-10-8-21(6-2)30-15-23;1-5(7)8-6(2,3)4;1-2/h8-11,13-15,18-19H,5-7,12,16-17H2,1-4H3,(H,31,32,33);1-4H3;1-2H3. The predicted octanol–water partition coefficient (Wildman–Crippen LogP) is 8.84. The van der Waals surface area contributed by atoms with Crippen molar-refractivity contribution < 1.29 is 19.0 Å². The highest BCUT2D eigenvalue weighted by Gasteiger charge is 2.24. The molecule has 0 bridgehead atoms. The Kier molecular flexibility index (Phi) is 13.7. The Morgan fingerprint density at radius 2 is 1.85 bits per heavy atom. The van der Waals surface area contributed by atoms with E-state index in [0.717, 1.165) is 83.4 Å². The Morgan fingerprint density at radius 1 is 1.09 bits per heavy atom. The number of nitrogens with one attached hydrogen (secondary N) is 1. The summed E-state index contributed by atoms with van der Waals surface area (Å²) < 4.78 is 17.0. The number of benzene rings is 1. The van der Waals surface area contributed by atoms with Crippen LogP contribution < -0.4 is 19.7 Å². The van der Waals surface area contributed by atoms with Gasteiger partial charge in [-0.2, -0.15) is 0 Å². The SMILES string of the molecule is CC.CC(=O)OC(C)(C)C.CCCCN1CC(C)COc2cc3ncnc(Nc4ccc(Oc5ccc(CC)nc5)c(C)c4)c3nc21. The molecule has 10 heteroatoms. The number of carbonyl (C=O) groups excluding carboxylic acids is 1. The zero-order valence-electron chi connectivity index (χ0n) is 29.8. The largest absolute Gasteiger partial charge is 0.489 e. The van der Waals surface area contributed by atoms with Crippen LogP contribution in [0.2, 0.25) is 0 Å². The van der Waals surface area contributed by atoms with Gasteiger partial charge in [0, 0.05) is 43.4 Å². The van der Waals surface area contributed by atoms with E-state index in [0.29, 0.717) is 18.3 Å². The molecule has 1 aliphatic rings. The molecule has 0 fully saturated rings. The molecule has 0 spiro atoms. The van der Waals surface area contributed by atoms with E-state index >= 15 is 0 Å². The number of hydrogen-bond acceptors (Lipinski definition) is 10. The van der Waals surface area contributed by atoms with Crippen molar-refractivity contribution in [2.24, 2.45) is 5.92 Å². The maximum atomic E-state index is 10.2. The lowest BCUT2D eigenvalue weighted by Crippen LogP contribution is -2.30. The Bertz CT molecular complexity index is 1590. The minimum Gasteiger partial charge on any atom is -0.489 e. The van der Waals surface area contributed by atoms with E-state index in [9.17, 15) is 4.79 Å². The van der Waals surface area contributed by atoms with Gasteiger partial charge in [0.25, 0.3) is 0 Å². The van der Waals surface area contributed by atoms with Crippen molar-refractivity contribution in [2.75, 3.05) is 29.9 Å². The van der Waals surface area contributed by atoms with E-state index in [1.807, 2.05) is 77.9 Å². The van der Waals surface area contributed by atoms with Crippen molar-refractivity contribution >= 4 is 34.3 Å².